The first-order valence-electron chi connectivity index (χ1n) is 11.3. The Kier molecular flexibility index (Phi) is 7.87. The Morgan fingerprint density at radius 3 is 2.46 bits per heavy atom. The lowest BCUT2D eigenvalue weighted by Gasteiger charge is -2.35. The highest BCUT2D eigenvalue weighted by molar-refractivity contribution is 6.36. The Morgan fingerprint density at radius 1 is 1.08 bits per heavy atom. The van der Waals surface area contributed by atoms with Crippen LogP contribution in [0.1, 0.15) is 6.92 Å². The molecule has 1 amide bonds. The minimum Gasteiger partial charge on any atom is -0.352 e. The molecule has 6 nitrogen and oxygen atoms in total. The summed E-state index contributed by atoms with van der Waals surface area (Å²) in [4.78, 5) is 28.4. The number of nitrogens with zero attached hydrogens (tertiary/aromatic N) is 5. The number of fused-ring (bicyclic) bond motifs is 2. The van der Waals surface area contributed by atoms with Crippen molar-refractivity contribution in [3.8, 4) is 11.3 Å². The van der Waals surface area contributed by atoms with Gasteiger partial charge in [0.1, 0.15) is 29.2 Å². The van der Waals surface area contributed by atoms with E-state index in [-0.39, 0.29) is 22.1 Å². The number of anilines is 1. The lowest BCUT2D eigenvalue weighted by atomic mass is 10.0. The molecule has 11 heteroatoms. The highest BCUT2D eigenvalue weighted by Crippen LogP contribution is 2.37. The van der Waals surface area contributed by atoms with Gasteiger partial charge in [0.15, 0.2) is 5.82 Å². The molecule has 0 atom stereocenters. The van der Waals surface area contributed by atoms with Crippen LogP contribution in [-0.2, 0) is 4.79 Å². The Hall–Kier alpha value is -3.79. The van der Waals surface area contributed by atoms with Gasteiger partial charge in [-0.3, -0.25) is 9.78 Å². The van der Waals surface area contributed by atoms with Crippen molar-refractivity contribution in [2.45, 2.75) is 13.3 Å². The number of alkyl halides is 2. The second-order valence-corrected chi connectivity index (χ2v) is 8.56. The molecule has 0 N–H and O–H groups in total. The zero-order valence-corrected chi connectivity index (χ0v) is 20.5. The number of amides is 1. The molecule has 3 heterocycles. The van der Waals surface area contributed by atoms with Crippen LogP contribution in [0.25, 0.3) is 32.9 Å². The van der Waals surface area contributed by atoms with Gasteiger partial charge >= 0.3 is 0 Å². The molecular weight excluding hydrogens is 510 g/mol. The van der Waals surface area contributed by atoms with E-state index in [0.29, 0.717) is 53.7 Å². The van der Waals surface area contributed by atoms with Crippen LogP contribution in [0, 0.1) is 11.6 Å². The maximum atomic E-state index is 15.7. The van der Waals surface area contributed by atoms with E-state index in [1.165, 1.54) is 24.7 Å². The molecule has 192 valence electrons. The van der Waals surface area contributed by atoms with E-state index in [1.807, 2.05) is 4.90 Å². The van der Waals surface area contributed by atoms with E-state index < -0.39 is 18.1 Å². The van der Waals surface area contributed by atoms with Crippen LogP contribution in [0.3, 0.4) is 0 Å². The number of pyridine rings is 1. The molecule has 2 aromatic carbocycles. The molecule has 0 radical (unpaired) electrons. The predicted molar refractivity (Wildman–Crippen MR) is 136 cm³/mol. The molecule has 37 heavy (non-hydrogen) atoms. The molecular formula is C26H22ClF4N5O. The summed E-state index contributed by atoms with van der Waals surface area (Å²) in [6.45, 7) is 6.43. The predicted octanol–water partition coefficient (Wildman–Crippen LogP) is 5.88. The second kappa shape index (κ2) is 11.1. The minimum atomic E-state index is -2.17. The van der Waals surface area contributed by atoms with Crippen molar-refractivity contribution < 1.29 is 22.4 Å². The summed E-state index contributed by atoms with van der Waals surface area (Å²) in [6, 6.07) is 8.05. The molecule has 0 spiro atoms. The summed E-state index contributed by atoms with van der Waals surface area (Å²) in [6.07, 6.45) is 1.96. The third kappa shape index (κ3) is 5.34. The molecule has 0 unspecified atom stereocenters. The van der Waals surface area contributed by atoms with Crippen molar-refractivity contribution in [3.05, 3.63) is 72.2 Å². The van der Waals surface area contributed by atoms with Crippen molar-refractivity contribution in [2.24, 2.45) is 0 Å². The van der Waals surface area contributed by atoms with Gasteiger partial charge in [-0.25, -0.2) is 27.5 Å². The average Bonchev–Trinajstić information content (AvgIpc) is 2.90. The highest BCUT2D eigenvalue weighted by atomic mass is 35.5. The lowest BCUT2D eigenvalue weighted by Crippen LogP contribution is -2.48. The fourth-order valence-corrected chi connectivity index (χ4v) is 4.47. The maximum Gasteiger partial charge on any atom is 0.246 e. The largest absolute Gasteiger partial charge is 0.352 e. The number of piperazine rings is 1. The van der Waals surface area contributed by atoms with Crippen molar-refractivity contribution in [1.29, 1.82) is 0 Å². The number of benzene rings is 2. The summed E-state index contributed by atoms with van der Waals surface area (Å²) in [5, 5.41) is 1.44. The van der Waals surface area contributed by atoms with Crippen LogP contribution in [0.4, 0.5) is 23.4 Å². The SMILES string of the molecule is C=CC(=O)N1CCN(c2ncnc3c(F)c(-c4cccc5ccc(F)c(Cl)c45)ncc23)CC1.CC(F)F. The van der Waals surface area contributed by atoms with E-state index in [0.717, 1.165) is 6.92 Å². The number of carbonyl (C=O) groups is 1. The Labute approximate surface area is 215 Å². The standard InChI is InChI=1S/C24H18ClF2N5O.C2H4F2/c1-2-18(33)31-8-10-32(11-9-31)24-16-12-28-22(21(27)23(16)29-13-30-24)15-5-3-4-14-6-7-17(26)20(25)19(14)15;1-2(3)4/h2-7,12-13H,1,8-11H2;2H,1H3. The molecule has 1 aliphatic rings. The van der Waals surface area contributed by atoms with Crippen molar-refractivity contribution in [1.82, 2.24) is 19.9 Å². The first-order valence-corrected chi connectivity index (χ1v) is 11.7. The summed E-state index contributed by atoms with van der Waals surface area (Å²) in [5.41, 5.74) is 0.527. The molecule has 0 aliphatic carbocycles. The van der Waals surface area contributed by atoms with Crippen LogP contribution >= 0.6 is 11.6 Å². The fourth-order valence-electron chi connectivity index (χ4n) is 4.19. The van der Waals surface area contributed by atoms with Crippen molar-refractivity contribution in [2.75, 3.05) is 31.1 Å². The van der Waals surface area contributed by atoms with E-state index in [9.17, 15) is 18.0 Å². The van der Waals surface area contributed by atoms with Gasteiger partial charge in [0, 0.05) is 43.3 Å². The van der Waals surface area contributed by atoms with Crippen LogP contribution < -0.4 is 4.90 Å². The molecule has 0 bridgehead atoms. The third-order valence-electron chi connectivity index (χ3n) is 5.86. The third-order valence-corrected chi connectivity index (χ3v) is 6.23. The average molecular weight is 532 g/mol. The van der Waals surface area contributed by atoms with E-state index in [4.69, 9.17) is 11.6 Å². The van der Waals surface area contributed by atoms with Gasteiger partial charge in [-0.05, 0) is 24.5 Å². The van der Waals surface area contributed by atoms with Gasteiger partial charge in [0.2, 0.25) is 12.3 Å². The number of carbonyl (C=O) groups excluding carboxylic acids is 1. The normalized spacial score (nSPS) is 13.6. The Bertz CT molecular complexity index is 1470. The van der Waals surface area contributed by atoms with Crippen LogP contribution in [-0.4, -0.2) is 58.4 Å². The topological polar surface area (TPSA) is 62.2 Å². The smallest absolute Gasteiger partial charge is 0.246 e. The van der Waals surface area contributed by atoms with E-state index >= 15 is 4.39 Å². The summed E-state index contributed by atoms with van der Waals surface area (Å²) >= 11 is 6.23. The van der Waals surface area contributed by atoms with Crippen LogP contribution in [0.15, 0.2) is 55.5 Å². The number of aromatic nitrogens is 3. The molecule has 2 aromatic heterocycles. The zero-order chi connectivity index (χ0) is 26.7. The van der Waals surface area contributed by atoms with Gasteiger partial charge in [0.05, 0.1) is 10.4 Å². The quantitative estimate of drug-likeness (QED) is 0.244. The number of hydrogen-bond donors (Lipinski definition) is 0. The zero-order valence-electron chi connectivity index (χ0n) is 19.8. The highest BCUT2D eigenvalue weighted by Gasteiger charge is 2.24. The first kappa shape index (κ1) is 26.3. The number of halogens is 5. The molecule has 5 rings (SSSR count). The van der Waals surface area contributed by atoms with Crippen LogP contribution in [0.5, 0.6) is 0 Å². The fraction of sp³-hybridized carbons (Fsp3) is 0.231. The Morgan fingerprint density at radius 2 is 1.78 bits per heavy atom. The van der Waals surface area contributed by atoms with Gasteiger partial charge in [-0.15, -0.1) is 0 Å². The lowest BCUT2D eigenvalue weighted by molar-refractivity contribution is -0.126. The molecule has 1 aliphatic heterocycles. The van der Waals surface area contributed by atoms with Gasteiger partial charge in [-0.1, -0.05) is 42.4 Å². The molecule has 1 fully saturated rings. The van der Waals surface area contributed by atoms with Crippen LogP contribution in [0.2, 0.25) is 5.02 Å². The van der Waals surface area contributed by atoms with Crippen molar-refractivity contribution >= 4 is 45.0 Å². The second-order valence-electron chi connectivity index (χ2n) is 8.18. The summed E-state index contributed by atoms with van der Waals surface area (Å²) < 4.78 is 50.5. The number of rotatable bonds is 3. The molecule has 4 aromatic rings. The van der Waals surface area contributed by atoms with E-state index in [2.05, 4.69) is 21.5 Å². The number of hydrogen-bond acceptors (Lipinski definition) is 5. The monoisotopic (exact) mass is 531 g/mol. The van der Waals surface area contributed by atoms with Gasteiger partial charge < -0.3 is 9.80 Å². The first-order chi connectivity index (χ1) is 17.7. The molecule has 0 saturated carbocycles. The molecule has 1 saturated heterocycles. The van der Waals surface area contributed by atoms with Gasteiger partial charge in [-0.2, -0.15) is 0 Å². The van der Waals surface area contributed by atoms with Crippen molar-refractivity contribution in [3.63, 3.8) is 0 Å². The minimum absolute atomic E-state index is 0.0339. The maximum absolute atomic E-state index is 15.7. The van der Waals surface area contributed by atoms with E-state index in [1.54, 1.807) is 29.2 Å². The Balaban J connectivity index is 0.000000747. The summed E-state index contributed by atoms with van der Waals surface area (Å²) in [5.74, 6) is -0.795. The summed E-state index contributed by atoms with van der Waals surface area (Å²) in [7, 11) is 0. The van der Waals surface area contributed by atoms with Gasteiger partial charge in [0.25, 0.3) is 0 Å².